The molecule has 19 nitrogen and oxygen atoms in total. The Balaban J connectivity index is 0.759. The van der Waals surface area contributed by atoms with Gasteiger partial charge < -0.3 is 39.7 Å². The van der Waals surface area contributed by atoms with Crippen LogP contribution in [0.5, 0.6) is 5.88 Å². The second-order valence-corrected chi connectivity index (χ2v) is 21.5. The molecule has 6 aliphatic rings. The molecule has 11 rings (SSSR count). The molecule has 5 aromatic rings. The lowest BCUT2D eigenvalue weighted by atomic mass is 9.90. The van der Waals surface area contributed by atoms with E-state index in [4.69, 9.17) is 9.72 Å². The third kappa shape index (κ3) is 9.04. The monoisotopic (exact) mass is 1020 g/mol. The number of methoxy groups -OCH3 is 1. The normalized spacial score (nSPS) is 20.9. The van der Waals surface area contributed by atoms with Crippen molar-refractivity contribution in [1.82, 2.24) is 34.2 Å². The van der Waals surface area contributed by atoms with Gasteiger partial charge in [-0.25, -0.2) is 15.0 Å². The van der Waals surface area contributed by atoms with Crippen LogP contribution in [0.25, 0.3) is 11.3 Å². The maximum absolute atomic E-state index is 14.1. The lowest BCUT2D eigenvalue weighted by molar-refractivity contribution is -0.150. The van der Waals surface area contributed by atoms with E-state index in [-0.39, 0.29) is 59.9 Å². The van der Waals surface area contributed by atoms with E-state index in [1.807, 2.05) is 36.4 Å². The molecule has 3 aromatic heterocycles. The van der Waals surface area contributed by atoms with Crippen LogP contribution in [0.15, 0.2) is 73.6 Å². The van der Waals surface area contributed by atoms with Gasteiger partial charge in [-0.3, -0.25) is 38.7 Å². The predicted molar refractivity (Wildman–Crippen MR) is 284 cm³/mol. The minimum atomic E-state index is -0.625. The summed E-state index contributed by atoms with van der Waals surface area (Å²) >= 11 is 0. The Morgan fingerprint density at radius 3 is 2.48 bits per heavy atom. The molecule has 0 bridgehead atoms. The summed E-state index contributed by atoms with van der Waals surface area (Å²) in [5.41, 5.74) is 9.42. The van der Waals surface area contributed by atoms with E-state index in [2.05, 4.69) is 73.3 Å². The molecule has 1 aliphatic carbocycles. The zero-order valence-corrected chi connectivity index (χ0v) is 43.3. The maximum atomic E-state index is 14.1. The number of aliphatic hydroxyl groups excluding tert-OH is 1. The first-order chi connectivity index (χ1) is 36.1. The summed E-state index contributed by atoms with van der Waals surface area (Å²) in [6.07, 6.45) is 8.86. The number of benzene rings is 2. The van der Waals surface area contributed by atoms with Gasteiger partial charge in [0.25, 0.3) is 23.6 Å². The second kappa shape index (κ2) is 19.6. The van der Waals surface area contributed by atoms with Crippen molar-refractivity contribution in [2.75, 3.05) is 78.8 Å². The van der Waals surface area contributed by atoms with Gasteiger partial charge in [0.2, 0.25) is 11.8 Å². The van der Waals surface area contributed by atoms with Crippen LogP contribution in [0.1, 0.15) is 89.7 Å². The summed E-state index contributed by atoms with van der Waals surface area (Å²) in [7, 11) is 3.00. The number of likely N-dealkylation sites (N-methyl/N-ethyl adjacent to an activating group) is 1. The molecule has 2 aromatic carbocycles. The van der Waals surface area contributed by atoms with E-state index in [0.29, 0.717) is 83.2 Å². The second-order valence-electron chi connectivity index (χ2n) is 21.5. The van der Waals surface area contributed by atoms with Gasteiger partial charge in [-0.05, 0) is 110 Å². The first kappa shape index (κ1) is 49.6. The molecule has 2 atom stereocenters. The van der Waals surface area contributed by atoms with Crippen molar-refractivity contribution in [3.05, 3.63) is 107 Å². The standard InChI is InChI=1S/C56H64N12O7/c1-7-48(70)60-42-26-36(59-50-52(75-6)58-29-43(61-50)40-14-17-57-51(41(40)32-69)67-23-22-66-46(55(67)74)25-34-27-56(3,4)28-47(34)66)8-11-44(42)65-21-20-64(30-33(65)2)37-15-18-63(19-16-37)38-9-10-39-35(24-38)31-68(53(39)72)45-12-13-49(71)62(5)54(45)73/h7-11,14,17,24-26,29,33,37,45,69H,1,12-13,15-16,18-23,27-28,30-32H2,2-6H3,(H,59,61)(H,60,70)/t33-,45?/m0/s1. The summed E-state index contributed by atoms with van der Waals surface area (Å²) in [6.45, 7) is 15.6. The Labute approximate surface area is 436 Å². The van der Waals surface area contributed by atoms with Crippen LogP contribution in [0, 0.1) is 5.41 Å². The molecule has 3 N–H and O–H groups in total. The number of carbonyl (C=O) groups excluding carboxylic acids is 5. The number of rotatable bonds is 12. The summed E-state index contributed by atoms with van der Waals surface area (Å²) in [6, 6.07) is 15.4. The third-order valence-corrected chi connectivity index (χ3v) is 16.2. The number of hydrogen-bond acceptors (Lipinski definition) is 14. The number of anilines is 6. The number of piperazine rings is 1. The van der Waals surface area contributed by atoms with E-state index < -0.39 is 6.04 Å². The summed E-state index contributed by atoms with van der Waals surface area (Å²) in [4.78, 5) is 91.4. The molecule has 0 radical (unpaired) electrons. The highest BCUT2D eigenvalue weighted by Crippen LogP contribution is 2.41. The highest BCUT2D eigenvalue weighted by atomic mass is 16.5. The lowest BCUT2D eigenvalue weighted by Gasteiger charge is -2.47. The van der Waals surface area contributed by atoms with Crippen molar-refractivity contribution in [2.24, 2.45) is 5.41 Å². The van der Waals surface area contributed by atoms with Crippen LogP contribution in [-0.4, -0.2) is 140 Å². The Hall–Kier alpha value is -7.64. The van der Waals surface area contributed by atoms with Gasteiger partial charge in [0, 0.05) is 118 Å². The maximum Gasteiger partial charge on any atom is 0.276 e. The van der Waals surface area contributed by atoms with Crippen LogP contribution in [0.3, 0.4) is 0 Å². The zero-order chi connectivity index (χ0) is 52.4. The number of nitrogens with zero attached hydrogens (tertiary/aromatic N) is 10. The fraction of sp³-hybridized carbons (Fsp3) is 0.429. The van der Waals surface area contributed by atoms with E-state index >= 15 is 0 Å². The molecule has 19 heteroatoms. The first-order valence-electron chi connectivity index (χ1n) is 26.0. The molecule has 5 amide bonds. The van der Waals surface area contributed by atoms with Gasteiger partial charge in [0.15, 0.2) is 5.82 Å². The van der Waals surface area contributed by atoms with E-state index in [1.165, 1.54) is 31.5 Å². The fourth-order valence-electron chi connectivity index (χ4n) is 12.4. The van der Waals surface area contributed by atoms with Crippen LogP contribution < -0.4 is 30.1 Å². The van der Waals surface area contributed by atoms with Crippen LogP contribution in [0.2, 0.25) is 0 Å². The SMILES string of the molecule is C=CC(=O)Nc1cc(Nc2nc(-c3ccnc(N4CCn5c(cc6c5CC(C)(C)C6)C4=O)c3CO)cnc2OC)ccc1N1CCN(C2CCN(c3ccc4c(c3)CN(C3CCC(=O)N(C)C3=O)C4=O)CC2)C[C@@H]1C. The molecule has 5 aliphatic heterocycles. The lowest BCUT2D eigenvalue weighted by Crippen LogP contribution is -2.57. The Kier molecular flexibility index (Phi) is 12.9. The molecule has 3 saturated heterocycles. The van der Waals surface area contributed by atoms with Gasteiger partial charge in [-0.2, -0.15) is 0 Å². The number of likely N-dealkylation sites (tertiary alicyclic amines) is 1. The smallest absolute Gasteiger partial charge is 0.276 e. The summed E-state index contributed by atoms with van der Waals surface area (Å²) < 4.78 is 7.82. The van der Waals surface area contributed by atoms with Gasteiger partial charge in [0.1, 0.15) is 17.6 Å². The van der Waals surface area contributed by atoms with Crippen LogP contribution in [-0.2, 0) is 46.9 Å². The molecule has 8 heterocycles. The minimum absolute atomic E-state index is 0.119. The average Bonchev–Trinajstić information content (AvgIpc) is 4.04. The fourth-order valence-corrected chi connectivity index (χ4v) is 12.4. The number of piperidine rings is 2. The molecular weight excluding hydrogens is 953 g/mol. The quantitative estimate of drug-likeness (QED) is 0.100. The Bertz CT molecular complexity index is 3160. The number of imide groups is 1. The summed E-state index contributed by atoms with van der Waals surface area (Å²) in [5.74, 6) is -0.267. The first-order valence-corrected chi connectivity index (χ1v) is 26.0. The predicted octanol–water partition coefficient (Wildman–Crippen LogP) is 5.78. The molecule has 0 saturated carbocycles. The molecular formula is C56H64N12O7. The number of aromatic nitrogens is 4. The largest absolute Gasteiger partial charge is 0.478 e. The molecule has 75 heavy (non-hydrogen) atoms. The minimum Gasteiger partial charge on any atom is -0.478 e. The number of ether oxygens (including phenoxy) is 1. The number of nitrogens with one attached hydrogen (secondary N) is 2. The number of hydrogen-bond donors (Lipinski definition) is 3. The van der Waals surface area contributed by atoms with Gasteiger partial charge >= 0.3 is 0 Å². The van der Waals surface area contributed by atoms with Crippen molar-refractivity contribution in [2.45, 2.75) is 97.1 Å². The van der Waals surface area contributed by atoms with Crippen molar-refractivity contribution in [1.29, 1.82) is 0 Å². The van der Waals surface area contributed by atoms with Crippen molar-refractivity contribution in [3.63, 3.8) is 0 Å². The van der Waals surface area contributed by atoms with E-state index in [0.717, 1.165) is 80.2 Å². The highest BCUT2D eigenvalue weighted by Gasteiger charge is 2.42. The number of pyridine rings is 1. The molecule has 390 valence electrons. The number of carbonyl (C=O) groups is 5. The molecule has 1 unspecified atom stereocenters. The average molecular weight is 1020 g/mol. The van der Waals surface area contributed by atoms with Crippen molar-refractivity contribution >= 4 is 63.9 Å². The van der Waals surface area contributed by atoms with Crippen molar-refractivity contribution < 1.29 is 33.8 Å². The third-order valence-electron chi connectivity index (χ3n) is 16.2. The van der Waals surface area contributed by atoms with Crippen molar-refractivity contribution in [3.8, 4) is 17.1 Å². The molecule has 0 spiro atoms. The van der Waals surface area contributed by atoms with E-state index in [9.17, 15) is 29.1 Å². The zero-order valence-electron chi connectivity index (χ0n) is 43.3. The Morgan fingerprint density at radius 2 is 1.72 bits per heavy atom. The number of amides is 5. The summed E-state index contributed by atoms with van der Waals surface area (Å²) in [5, 5.41) is 17.3. The number of fused-ring (bicyclic) bond motifs is 4. The van der Waals surface area contributed by atoms with E-state index in [1.54, 1.807) is 28.3 Å². The Morgan fingerprint density at radius 1 is 0.907 bits per heavy atom. The number of aliphatic hydroxyl groups is 1. The van der Waals surface area contributed by atoms with Gasteiger partial charge in [-0.1, -0.05) is 20.4 Å². The van der Waals surface area contributed by atoms with Gasteiger partial charge in [0.05, 0.1) is 37.0 Å². The topological polar surface area (TPSA) is 202 Å². The van der Waals surface area contributed by atoms with Crippen LogP contribution >= 0.6 is 0 Å². The van der Waals surface area contributed by atoms with Gasteiger partial charge in [-0.15, -0.1) is 0 Å². The molecule has 3 fully saturated rings. The van der Waals surface area contributed by atoms with Crippen LogP contribution in [0.4, 0.5) is 34.4 Å². The highest BCUT2D eigenvalue weighted by molar-refractivity contribution is 6.07.